The van der Waals surface area contributed by atoms with E-state index in [0.29, 0.717) is 6.42 Å². The molecule has 79 heavy (non-hydrogen) atoms. The Balaban J connectivity index is 3.82. The second-order valence-electron chi connectivity index (χ2n) is 20.1. The second kappa shape index (κ2) is 37.7. The summed E-state index contributed by atoms with van der Waals surface area (Å²) in [5.41, 5.74) is 29.0. The Morgan fingerprint density at radius 1 is 0.532 bits per heavy atom. The zero-order valence-corrected chi connectivity index (χ0v) is 46.5. The van der Waals surface area contributed by atoms with Gasteiger partial charge in [-0.05, 0) is 111 Å². The predicted molar refractivity (Wildman–Crippen MR) is 289 cm³/mol. The van der Waals surface area contributed by atoms with Crippen molar-refractivity contribution >= 4 is 65.0 Å². The summed E-state index contributed by atoms with van der Waals surface area (Å²) < 4.78 is 0. The molecule has 0 saturated carbocycles. The third kappa shape index (κ3) is 25.7. The molecule has 1 rings (SSSR count). The summed E-state index contributed by atoms with van der Waals surface area (Å²) in [6.07, 6.45) is -2.83. The van der Waals surface area contributed by atoms with Crippen molar-refractivity contribution in [2.75, 3.05) is 39.3 Å². The van der Waals surface area contributed by atoms with Crippen LogP contribution >= 0.6 is 0 Å². The van der Waals surface area contributed by atoms with Gasteiger partial charge in [0.05, 0.1) is 18.3 Å². The normalized spacial score (nSPS) is 23.8. The molecule has 0 spiro atoms. The van der Waals surface area contributed by atoms with Gasteiger partial charge in [0.1, 0.15) is 60.4 Å². The number of unbranched alkanes of at least 4 members (excludes halogenated alkanes) is 3. The van der Waals surface area contributed by atoms with Gasteiger partial charge < -0.3 is 102 Å². The van der Waals surface area contributed by atoms with Crippen molar-refractivity contribution < 1.29 is 68.1 Å². The van der Waals surface area contributed by atoms with Crippen LogP contribution in [-0.2, 0) is 52.7 Å². The highest BCUT2D eigenvalue weighted by molar-refractivity contribution is 5.99. The topological polar surface area (TPSA) is 511 Å². The zero-order valence-electron chi connectivity index (χ0n) is 46.5. The first-order valence-electron chi connectivity index (χ1n) is 27.2. The van der Waals surface area contributed by atoms with Crippen LogP contribution in [0.15, 0.2) is 0 Å². The first-order chi connectivity index (χ1) is 37.3. The highest BCUT2D eigenvalue weighted by Crippen LogP contribution is 2.11. The molecule has 0 aliphatic carbocycles. The molecule has 1 aliphatic heterocycles. The summed E-state index contributed by atoms with van der Waals surface area (Å²) in [5, 5.41) is 59.2. The number of rotatable bonds is 27. The van der Waals surface area contributed by atoms with Crippen LogP contribution in [0, 0.1) is 5.92 Å². The number of aliphatic hydroxyl groups is 3. The number of carbonyl (C=O) groups excluding carboxylic acids is 11. The Bertz CT molecular complexity index is 2000. The van der Waals surface area contributed by atoms with Gasteiger partial charge in [-0.15, -0.1) is 0 Å². The minimum absolute atomic E-state index is 0.0194. The first kappa shape index (κ1) is 70.9. The van der Waals surface area contributed by atoms with Crippen LogP contribution < -0.4 is 87.2 Å². The Kier molecular flexibility index (Phi) is 33.8. The SMILES string of the molecule is CCCCCCC(=O)N[C@@H](CCN)C(=O)N[C@H](C(=O)NC(CCN)C(=O)N[C@H]1CCNC(=O)[C@H]([C@@H](C)O)NC(=O)[C@H](CCN)NC(=O)[C@H](CCN)NC(=O)[C@H]([C@@H](C)O)NC(=O)[C@@H](CC(C)C)NC(=O)[C@H](CCN)NC1=O)[C@@H](C)O. The Hall–Kier alpha value is -6.15. The van der Waals surface area contributed by atoms with E-state index in [2.05, 4.69) is 58.5 Å². The molecular formula is C49H92N16O14. The van der Waals surface area contributed by atoms with Crippen molar-refractivity contribution in [1.82, 2.24) is 58.5 Å². The van der Waals surface area contributed by atoms with Gasteiger partial charge in [-0.3, -0.25) is 52.7 Å². The van der Waals surface area contributed by atoms with Crippen molar-refractivity contribution in [3.05, 3.63) is 0 Å². The van der Waals surface area contributed by atoms with Crippen molar-refractivity contribution in [3.8, 4) is 0 Å². The average Bonchev–Trinajstić information content (AvgIpc) is 3.37. The van der Waals surface area contributed by atoms with E-state index < -0.39 is 157 Å². The largest absolute Gasteiger partial charge is 0.391 e. The molecule has 0 bridgehead atoms. The van der Waals surface area contributed by atoms with E-state index in [-0.39, 0.29) is 83.6 Å². The second-order valence-corrected chi connectivity index (χ2v) is 20.1. The number of nitrogens with two attached hydrogens (primary N) is 5. The molecule has 24 N–H and O–H groups in total. The van der Waals surface area contributed by atoms with E-state index in [1.165, 1.54) is 20.8 Å². The molecule has 1 aliphatic rings. The van der Waals surface area contributed by atoms with Crippen molar-refractivity contribution in [2.45, 2.75) is 197 Å². The monoisotopic (exact) mass is 1130 g/mol. The summed E-state index contributed by atoms with van der Waals surface area (Å²) in [6, 6.07) is -15.4. The molecular weight excluding hydrogens is 1040 g/mol. The number of hydrogen-bond donors (Lipinski definition) is 19. The molecule has 30 nitrogen and oxygen atoms in total. The minimum atomic E-state index is -1.73. The van der Waals surface area contributed by atoms with Crippen molar-refractivity contribution in [3.63, 3.8) is 0 Å². The summed E-state index contributed by atoms with van der Waals surface area (Å²) in [6.45, 7) is 7.74. The molecule has 30 heteroatoms. The highest BCUT2D eigenvalue weighted by Gasteiger charge is 2.38. The average molecular weight is 1130 g/mol. The lowest BCUT2D eigenvalue weighted by Gasteiger charge is -2.29. The van der Waals surface area contributed by atoms with Crippen LogP contribution in [0.5, 0.6) is 0 Å². The molecule has 0 aromatic rings. The van der Waals surface area contributed by atoms with Crippen molar-refractivity contribution in [2.24, 2.45) is 34.6 Å². The fraction of sp³-hybridized carbons (Fsp3) is 0.776. The summed E-state index contributed by atoms with van der Waals surface area (Å²) >= 11 is 0. The summed E-state index contributed by atoms with van der Waals surface area (Å²) in [4.78, 5) is 151. The van der Waals surface area contributed by atoms with Gasteiger partial charge in [0.15, 0.2) is 0 Å². The third-order valence-corrected chi connectivity index (χ3v) is 12.6. The number of carbonyl (C=O) groups is 11. The smallest absolute Gasteiger partial charge is 0.245 e. The standard InChI is InChI=1S/C49H92N16O14/c1-7-8-9-10-11-36(69)56-29(12-18-50)44(74)64-38(27(5)67)48(78)61-32(15-21-53)41(71)59-34-17-23-55-47(77)37(26(4)66)63-45(75)33(16-22-54)58-40(70)31(14-20-52)60-49(79)39(28(6)68)65-46(76)35(24-25(2)3)62-42(72)30(13-19-51)57-43(34)73/h25-35,37-39,66-68H,7-24,50-54H2,1-6H3,(H,55,77)(H,56,69)(H,57,73)(H,58,70)(H,59,71)(H,60,79)(H,61,78)(H,62,72)(H,63,75)(H,64,74)(H,65,76)/t26-,27-,28-,29+,30+,31+,32?,33+,34+,35-,37+,38+,39+/m1/s1. The highest BCUT2D eigenvalue weighted by atomic mass is 16.3. The van der Waals surface area contributed by atoms with E-state index in [4.69, 9.17) is 28.7 Å². The molecule has 0 aromatic carbocycles. The van der Waals surface area contributed by atoms with E-state index in [9.17, 15) is 68.1 Å². The molecule has 1 fully saturated rings. The van der Waals surface area contributed by atoms with E-state index in [0.717, 1.165) is 19.3 Å². The summed E-state index contributed by atoms with van der Waals surface area (Å²) in [5.74, 6) is -10.6. The molecule has 452 valence electrons. The first-order valence-corrected chi connectivity index (χ1v) is 27.2. The molecule has 1 unspecified atom stereocenters. The van der Waals surface area contributed by atoms with Gasteiger partial charge in [0.2, 0.25) is 65.0 Å². The molecule has 0 aromatic heterocycles. The maximum Gasteiger partial charge on any atom is 0.245 e. The van der Waals surface area contributed by atoms with Crippen LogP contribution in [0.4, 0.5) is 0 Å². The Morgan fingerprint density at radius 3 is 1.46 bits per heavy atom. The predicted octanol–water partition coefficient (Wildman–Crippen LogP) is -7.74. The maximum absolute atomic E-state index is 14.3. The van der Waals surface area contributed by atoms with Gasteiger partial charge in [-0.2, -0.15) is 0 Å². The van der Waals surface area contributed by atoms with Crippen molar-refractivity contribution in [1.29, 1.82) is 0 Å². The lowest BCUT2D eigenvalue weighted by molar-refractivity contribution is -0.137. The number of aliphatic hydroxyl groups excluding tert-OH is 3. The molecule has 11 amide bonds. The fourth-order valence-corrected chi connectivity index (χ4v) is 8.17. The molecule has 13 atom stereocenters. The Labute approximate surface area is 461 Å². The van der Waals surface area contributed by atoms with Crippen LogP contribution in [0.2, 0.25) is 0 Å². The van der Waals surface area contributed by atoms with Crippen LogP contribution in [-0.4, -0.2) is 198 Å². The fourth-order valence-electron chi connectivity index (χ4n) is 8.17. The Morgan fingerprint density at radius 2 is 0.987 bits per heavy atom. The lowest BCUT2D eigenvalue weighted by Crippen LogP contribution is -2.62. The van der Waals surface area contributed by atoms with Gasteiger partial charge in [0, 0.05) is 13.0 Å². The van der Waals surface area contributed by atoms with Gasteiger partial charge in [-0.25, -0.2) is 0 Å². The van der Waals surface area contributed by atoms with E-state index >= 15 is 0 Å². The van der Waals surface area contributed by atoms with E-state index in [1.54, 1.807) is 13.8 Å². The van der Waals surface area contributed by atoms with E-state index in [1.807, 2.05) is 6.92 Å². The minimum Gasteiger partial charge on any atom is -0.391 e. The van der Waals surface area contributed by atoms with Gasteiger partial charge in [-0.1, -0.05) is 40.0 Å². The van der Waals surface area contributed by atoms with Crippen LogP contribution in [0.25, 0.3) is 0 Å². The quantitative estimate of drug-likeness (QED) is 0.0340. The number of amides is 11. The molecule has 0 radical (unpaired) electrons. The number of hydrogen-bond acceptors (Lipinski definition) is 19. The zero-order chi connectivity index (χ0) is 59.9. The molecule has 1 saturated heterocycles. The maximum atomic E-state index is 14.3. The van der Waals surface area contributed by atoms with Crippen LogP contribution in [0.3, 0.4) is 0 Å². The third-order valence-electron chi connectivity index (χ3n) is 12.6. The van der Waals surface area contributed by atoms with Crippen LogP contribution in [0.1, 0.15) is 119 Å². The lowest BCUT2D eigenvalue weighted by atomic mass is 10.0. The number of nitrogens with one attached hydrogen (secondary N) is 11. The van der Waals surface area contributed by atoms with Gasteiger partial charge >= 0.3 is 0 Å². The molecule has 1 heterocycles. The van der Waals surface area contributed by atoms with Gasteiger partial charge in [0.25, 0.3) is 0 Å². The summed E-state index contributed by atoms with van der Waals surface area (Å²) in [7, 11) is 0.